The number of aromatic nitrogens is 2. The van der Waals surface area contributed by atoms with E-state index in [9.17, 15) is 13.2 Å². The van der Waals surface area contributed by atoms with Gasteiger partial charge < -0.3 is 9.64 Å². The summed E-state index contributed by atoms with van der Waals surface area (Å²) < 4.78 is 43.4. The van der Waals surface area contributed by atoms with Crippen LogP contribution in [0.15, 0.2) is 36.5 Å². The monoisotopic (exact) mass is 352 g/mol. The van der Waals surface area contributed by atoms with Gasteiger partial charge in [0.05, 0.1) is 7.11 Å². The SMILES string of the molecule is COc1ccc(CN2CCN(c3cccc(C(F)(F)F)n3)CC2)cn1. The van der Waals surface area contributed by atoms with Crippen molar-refractivity contribution < 1.29 is 17.9 Å². The van der Waals surface area contributed by atoms with Gasteiger partial charge in [0.25, 0.3) is 0 Å². The van der Waals surface area contributed by atoms with Crippen LogP contribution in [0.3, 0.4) is 0 Å². The van der Waals surface area contributed by atoms with Crippen molar-refractivity contribution in [2.45, 2.75) is 12.7 Å². The first-order chi connectivity index (χ1) is 12.0. The summed E-state index contributed by atoms with van der Waals surface area (Å²) in [6, 6.07) is 7.81. The maximum atomic E-state index is 12.8. The molecular weight excluding hydrogens is 333 g/mol. The zero-order chi connectivity index (χ0) is 17.9. The molecule has 0 unspecified atom stereocenters. The average molecular weight is 352 g/mol. The predicted molar refractivity (Wildman–Crippen MR) is 87.5 cm³/mol. The first-order valence-electron chi connectivity index (χ1n) is 7.96. The van der Waals surface area contributed by atoms with Crippen molar-refractivity contribution in [3.63, 3.8) is 0 Å². The Morgan fingerprint density at radius 3 is 2.44 bits per heavy atom. The molecule has 1 fully saturated rings. The number of rotatable bonds is 4. The van der Waals surface area contributed by atoms with Gasteiger partial charge in [-0.2, -0.15) is 13.2 Å². The molecule has 0 saturated carbocycles. The quantitative estimate of drug-likeness (QED) is 0.846. The Labute approximate surface area is 144 Å². The first kappa shape index (κ1) is 17.5. The van der Waals surface area contributed by atoms with Crippen LogP contribution in [-0.4, -0.2) is 48.2 Å². The van der Waals surface area contributed by atoms with E-state index in [-0.39, 0.29) is 0 Å². The van der Waals surface area contributed by atoms with E-state index in [1.165, 1.54) is 6.07 Å². The lowest BCUT2D eigenvalue weighted by Crippen LogP contribution is -2.46. The third kappa shape index (κ3) is 4.39. The van der Waals surface area contributed by atoms with Gasteiger partial charge in [0.2, 0.25) is 5.88 Å². The summed E-state index contributed by atoms with van der Waals surface area (Å²) in [5.74, 6) is 0.949. The molecule has 2 aromatic rings. The number of methoxy groups -OCH3 is 1. The molecule has 2 aromatic heterocycles. The normalized spacial score (nSPS) is 16.1. The Bertz CT molecular complexity index is 698. The van der Waals surface area contributed by atoms with Crippen molar-refractivity contribution >= 4 is 5.82 Å². The number of piperazine rings is 1. The number of alkyl halides is 3. The first-order valence-corrected chi connectivity index (χ1v) is 7.96. The second-order valence-electron chi connectivity index (χ2n) is 5.85. The fraction of sp³-hybridized carbons (Fsp3) is 0.412. The second-order valence-corrected chi connectivity index (χ2v) is 5.85. The van der Waals surface area contributed by atoms with Gasteiger partial charge >= 0.3 is 6.18 Å². The fourth-order valence-electron chi connectivity index (χ4n) is 2.78. The van der Waals surface area contributed by atoms with Crippen molar-refractivity contribution in [2.24, 2.45) is 0 Å². The zero-order valence-corrected chi connectivity index (χ0v) is 13.8. The lowest BCUT2D eigenvalue weighted by molar-refractivity contribution is -0.141. The van der Waals surface area contributed by atoms with Gasteiger partial charge in [-0.1, -0.05) is 12.1 Å². The van der Waals surface area contributed by atoms with Gasteiger partial charge in [-0.05, 0) is 17.7 Å². The number of pyridine rings is 2. The molecule has 8 heteroatoms. The van der Waals surface area contributed by atoms with Crippen LogP contribution in [0, 0.1) is 0 Å². The number of nitrogens with zero attached hydrogens (tertiary/aromatic N) is 4. The largest absolute Gasteiger partial charge is 0.481 e. The lowest BCUT2D eigenvalue weighted by Gasteiger charge is -2.35. The minimum Gasteiger partial charge on any atom is -0.481 e. The highest BCUT2D eigenvalue weighted by Gasteiger charge is 2.33. The molecule has 0 aliphatic carbocycles. The van der Waals surface area contributed by atoms with Crippen LogP contribution in [0.5, 0.6) is 5.88 Å². The highest BCUT2D eigenvalue weighted by Crippen LogP contribution is 2.29. The molecule has 0 bridgehead atoms. The van der Waals surface area contributed by atoms with E-state index in [1.807, 2.05) is 17.0 Å². The van der Waals surface area contributed by atoms with Gasteiger partial charge in [0.1, 0.15) is 11.5 Å². The molecular formula is C17H19F3N4O. The third-order valence-corrected chi connectivity index (χ3v) is 4.13. The van der Waals surface area contributed by atoms with Gasteiger partial charge in [0, 0.05) is 45.0 Å². The van der Waals surface area contributed by atoms with E-state index in [4.69, 9.17) is 4.74 Å². The minimum atomic E-state index is -4.42. The summed E-state index contributed by atoms with van der Waals surface area (Å²) in [6.07, 6.45) is -2.64. The molecule has 1 aliphatic rings. The molecule has 1 aliphatic heterocycles. The van der Waals surface area contributed by atoms with E-state index in [2.05, 4.69) is 14.9 Å². The van der Waals surface area contributed by atoms with Crippen LogP contribution in [0.25, 0.3) is 0 Å². The number of hydrogen-bond acceptors (Lipinski definition) is 5. The molecule has 5 nitrogen and oxygen atoms in total. The Kier molecular flexibility index (Phi) is 5.08. The van der Waals surface area contributed by atoms with E-state index in [0.29, 0.717) is 24.8 Å². The number of halogens is 3. The van der Waals surface area contributed by atoms with Gasteiger partial charge in [0.15, 0.2) is 0 Å². The smallest absolute Gasteiger partial charge is 0.433 e. The standard InChI is InChI=1S/C17H19F3N4O/c1-25-16-6-5-13(11-21-16)12-23-7-9-24(10-8-23)15-4-2-3-14(22-15)17(18,19)20/h2-6,11H,7-10,12H2,1H3. The Morgan fingerprint density at radius 1 is 1.08 bits per heavy atom. The predicted octanol–water partition coefficient (Wildman–Crippen LogP) is 2.83. The Morgan fingerprint density at radius 2 is 1.84 bits per heavy atom. The van der Waals surface area contributed by atoms with Crippen LogP contribution >= 0.6 is 0 Å². The Balaban J connectivity index is 1.58. The van der Waals surface area contributed by atoms with Crippen molar-refractivity contribution in [1.29, 1.82) is 0 Å². The number of anilines is 1. The molecule has 0 aromatic carbocycles. The minimum absolute atomic E-state index is 0.376. The van der Waals surface area contributed by atoms with Gasteiger partial charge in [-0.25, -0.2) is 9.97 Å². The second kappa shape index (κ2) is 7.26. The highest BCUT2D eigenvalue weighted by atomic mass is 19.4. The number of ether oxygens (including phenoxy) is 1. The van der Waals surface area contributed by atoms with E-state index in [0.717, 1.165) is 31.3 Å². The molecule has 0 spiro atoms. The molecule has 1 saturated heterocycles. The molecule has 134 valence electrons. The van der Waals surface area contributed by atoms with Crippen LogP contribution in [0.1, 0.15) is 11.3 Å². The zero-order valence-electron chi connectivity index (χ0n) is 13.8. The van der Waals surface area contributed by atoms with Crippen LogP contribution in [0.2, 0.25) is 0 Å². The maximum absolute atomic E-state index is 12.8. The lowest BCUT2D eigenvalue weighted by atomic mass is 10.2. The van der Waals surface area contributed by atoms with Crippen LogP contribution < -0.4 is 9.64 Å². The molecule has 0 atom stereocenters. The van der Waals surface area contributed by atoms with Gasteiger partial charge in [-0.3, -0.25) is 4.90 Å². The molecule has 0 amide bonds. The summed E-state index contributed by atoms with van der Waals surface area (Å²) >= 11 is 0. The summed E-state index contributed by atoms with van der Waals surface area (Å²) in [5, 5.41) is 0. The molecule has 0 radical (unpaired) electrons. The van der Waals surface area contributed by atoms with Crippen molar-refractivity contribution in [3.05, 3.63) is 47.8 Å². The van der Waals surface area contributed by atoms with Crippen LogP contribution in [-0.2, 0) is 12.7 Å². The highest BCUT2D eigenvalue weighted by molar-refractivity contribution is 5.40. The molecule has 3 rings (SSSR count). The van der Waals surface area contributed by atoms with Crippen molar-refractivity contribution in [2.75, 3.05) is 38.2 Å². The summed E-state index contributed by atoms with van der Waals surface area (Å²) in [4.78, 5) is 12.1. The van der Waals surface area contributed by atoms with E-state index >= 15 is 0 Å². The summed E-state index contributed by atoms with van der Waals surface area (Å²) in [6.45, 7) is 3.53. The molecule has 25 heavy (non-hydrogen) atoms. The topological polar surface area (TPSA) is 41.5 Å². The average Bonchev–Trinajstić information content (AvgIpc) is 2.62. The third-order valence-electron chi connectivity index (χ3n) is 4.13. The summed E-state index contributed by atoms with van der Waals surface area (Å²) in [7, 11) is 1.57. The Hall–Kier alpha value is -2.35. The van der Waals surface area contributed by atoms with Crippen LogP contribution in [0.4, 0.5) is 19.0 Å². The van der Waals surface area contributed by atoms with E-state index in [1.54, 1.807) is 19.4 Å². The maximum Gasteiger partial charge on any atom is 0.433 e. The number of hydrogen-bond donors (Lipinski definition) is 0. The van der Waals surface area contributed by atoms with Crippen molar-refractivity contribution in [3.8, 4) is 5.88 Å². The van der Waals surface area contributed by atoms with Crippen molar-refractivity contribution in [1.82, 2.24) is 14.9 Å². The molecule has 3 heterocycles. The summed E-state index contributed by atoms with van der Waals surface area (Å²) in [5.41, 5.74) is 0.225. The van der Waals surface area contributed by atoms with Gasteiger partial charge in [-0.15, -0.1) is 0 Å². The fourth-order valence-corrected chi connectivity index (χ4v) is 2.78. The molecule has 0 N–H and O–H groups in total. The van der Waals surface area contributed by atoms with E-state index < -0.39 is 11.9 Å².